The normalized spacial score (nSPS) is 19.6. The van der Waals surface area contributed by atoms with E-state index >= 15 is 0 Å². The molecule has 1 aliphatic heterocycles. The Labute approximate surface area is 84.5 Å². The lowest BCUT2D eigenvalue weighted by Gasteiger charge is -2.16. The van der Waals surface area contributed by atoms with Crippen molar-refractivity contribution in [3.05, 3.63) is 23.8 Å². The van der Waals surface area contributed by atoms with Gasteiger partial charge in [0.25, 0.3) is 0 Å². The average Bonchev–Trinajstić information content (AvgIpc) is 2.55. The predicted octanol–water partition coefficient (Wildman–Crippen LogP) is 1.53. The first-order valence-electron chi connectivity index (χ1n) is 4.94. The summed E-state index contributed by atoms with van der Waals surface area (Å²) >= 11 is 0. The van der Waals surface area contributed by atoms with Crippen LogP contribution < -0.4 is 15.4 Å². The summed E-state index contributed by atoms with van der Waals surface area (Å²) in [4.78, 5) is 2.29. The molecule has 1 aliphatic rings. The van der Waals surface area contributed by atoms with Crippen LogP contribution in [-0.4, -0.2) is 20.2 Å². The minimum absolute atomic E-state index is 0.125. The highest BCUT2D eigenvalue weighted by molar-refractivity contribution is 5.61. The number of anilines is 1. The molecular formula is C11H16N2O. The van der Waals surface area contributed by atoms with E-state index in [9.17, 15) is 0 Å². The van der Waals surface area contributed by atoms with Crippen LogP contribution in [0.4, 0.5) is 5.69 Å². The zero-order chi connectivity index (χ0) is 10.1. The maximum absolute atomic E-state index is 6.04. The number of rotatable bonds is 2. The zero-order valence-corrected chi connectivity index (χ0v) is 8.66. The van der Waals surface area contributed by atoms with Crippen LogP contribution in [0, 0.1) is 0 Å². The lowest BCUT2D eigenvalue weighted by Crippen LogP contribution is -2.23. The summed E-state index contributed by atoms with van der Waals surface area (Å²) in [5.74, 6) is 0.886. The number of benzene rings is 1. The van der Waals surface area contributed by atoms with Gasteiger partial charge in [-0.25, -0.2) is 0 Å². The number of hydrogen-bond donors (Lipinski definition) is 1. The van der Waals surface area contributed by atoms with E-state index in [1.54, 1.807) is 7.11 Å². The molecule has 2 N–H and O–H groups in total. The number of ether oxygens (including phenoxy) is 1. The quantitative estimate of drug-likeness (QED) is 0.772. The largest absolute Gasteiger partial charge is 0.497 e. The molecule has 0 bridgehead atoms. The van der Waals surface area contributed by atoms with Crippen molar-refractivity contribution in [2.75, 3.05) is 25.1 Å². The first kappa shape index (κ1) is 9.34. The third kappa shape index (κ3) is 1.34. The Morgan fingerprint density at radius 2 is 2.36 bits per heavy atom. The van der Waals surface area contributed by atoms with E-state index in [4.69, 9.17) is 10.5 Å². The lowest BCUT2D eigenvalue weighted by atomic mass is 10.1. The van der Waals surface area contributed by atoms with Crippen molar-refractivity contribution in [2.24, 2.45) is 5.73 Å². The summed E-state index contributed by atoms with van der Waals surface area (Å²) in [6, 6.07) is 6.24. The molecule has 3 heteroatoms. The number of methoxy groups -OCH3 is 1. The summed E-state index contributed by atoms with van der Waals surface area (Å²) in [5, 5.41) is 0. The Morgan fingerprint density at radius 1 is 1.57 bits per heavy atom. The van der Waals surface area contributed by atoms with Crippen LogP contribution in [0.3, 0.4) is 0 Å². The minimum atomic E-state index is 0.125. The van der Waals surface area contributed by atoms with Crippen LogP contribution in [0.1, 0.15) is 18.5 Å². The molecule has 0 aliphatic carbocycles. The summed E-state index contributed by atoms with van der Waals surface area (Å²) in [5.41, 5.74) is 8.49. The second kappa shape index (κ2) is 3.50. The molecule has 14 heavy (non-hydrogen) atoms. The molecular weight excluding hydrogens is 176 g/mol. The van der Waals surface area contributed by atoms with Gasteiger partial charge in [-0.1, -0.05) is 0 Å². The second-order valence-electron chi connectivity index (χ2n) is 3.57. The van der Waals surface area contributed by atoms with Gasteiger partial charge >= 0.3 is 0 Å². The standard InChI is InChI=1S/C11H16N2O/c1-3-13-7-10(12)9-6-8(14-2)4-5-11(9)13/h4-6,10H,3,7,12H2,1-2H3. The monoisotopic (exact) mass is 192 g/mol. The Kier molecular flexibility index (Phi) is 2.33. The molecule has 0 aromatic heterocycles. The number of fused-ring (bicyclic) bond motifs is 1. The van der Waals surface area contributed by atoms with Crippen molar-refractivity contribution in [1.29, 1.82) is 0 Å². The van der Waals surface area contributed by atoms with Gasteiger partial charge in [0.2, 0.25) is 0 Å². The van der Waals surface area contributed by atoms with E-state index < -0.39 is 0 Å². The molecule has 1 unspecified atom stereocenters. The Balaban J connectivity index is 2.41. The molecule has 1 heterocycles. The van der Waals surface area contributed by atoms with Gasteiger partial charge in [-0.05, 0) is 30.7 Å². The molecule has 76 valence electrons. The minimum Gasteiger partial charge on any atom is -0.497 e. The van der Waals surface area contributed by atoms with Gasteiger partial charge in [-0.15, -0.1) is 0 Å². The van der Waals surface area contributed by atoms with Gasteiger partial charge in [0.1, 0.15) is 5.75 Å². The Morgan fingerprint density at radius 3 is 3.00 bits per heavy atom. The van der Waals surface area contributed by atoms with Crippen molar-refractivity contribution in [3.8, 4) is 5.75 Å². The number of nitrogens with two attached hydrogens (primary N) is 1. The molecule has 0 radical (unpaired) electrons. The summed E-state index contributed by atoms with van der Waals surface area (Å²) in [7, 11) is 1.68. The highest BCUT2D eigenvalue weighted by Crippen LogP contribution is 2.35. The summed E-state index contributed by atoms with van der Waals surface area (Å²) < 4.78 is 5.18. The molecule has 0 saturated heterocycles. The third-order valence-corrected chi connectivity index (χ3v) is 2.77. The molecule has 1 atom stereocenters. The molecule has 1 aromatic rings. The second-order valence-corrected chi connectivity index (χ2v) is 3.57. The van der Waals surface area contributed by atoms with Crippen LogP contribution in [0.5, 0.6) is 5.75 Å². The van der Waals surface area contributed by atoms with Crippen LogP contribution in [0.15, 0.2) is 18.2 Å². The first-order chi connectivity index (χ1) is 6.76. The number of likely N-dealkylation sites (N-methyl/N-ethyl adjacent to an activating group) is 1. The number of hydrogen-bond acceptors (Lipinski definition) is 3. The molecule has 3 nitrogen and oxygen atoms in total. The van der Waals surface area contributed by atoms with E-state index in [0.717, 1.165) is 18.8 Å². The van der Waals surface area contributed by atoms with E-state index in [-0.39, 0.29) is 6.04 Å². The fraction of sp³-hybridized carbons (Fsp3) is 0.455. The maximum Gasteiger partial charge on any atom is 0.119 e. The van der Waals surface area contributed by atoms with Gasteiger partial charge < -0.3 is 15.4 Å². The van der Waals surface area contributed by atoms with E-state index in [1.165, 1.54) is 11.3 Å². The van der Waals surface area contributed by atoms with Crippen LogP contribution in [0.2, 0.25) is 0 Å². The van der Waals surface area contributed by atoms with Gasteiger partial charge in [0.05, 0.1) is 7.11 Å². The molecule has 0 saturated carbocycles. The van der Waals surface area contributed by atoms with Gasteiger partial charge in [-0.2, -0.15) is 0 Å². The summed E-state index contributed by atoms with van der Waals surface area (Å²) in [6.07, 6.45) is 0. The lowest BCUT2D eigenvalue weighted by molar-refractivity contribution is 0.414. The van der Waals surface area contributed by atoms with Gasteiger partial charge in [0, 0.05) is 24.8 Å². The van der Waals surface area contributed by atoms with Crippen molar-refractivity contribution >= 4 is 5.69 Å². The van der Waals surface area contributed by atoms with Gasteiger partial charge in [-0.3, -0.25) is 0 Å². The van der Waals surface area contributed by atoms with Gasteiger partial charge in [0.15, 0.2) is 0 Å². The molecule has 0 spiro atoms. The third-order valence-electron chi connectivity index (χ3n) is 2.77. The van der Waals surface area contributed by atoms with E-state index in [1.807, 2.05) is 12.1 Å². The predicted molar refractivity (Wildman–Crippen MR) is 57.8 cm³/mol. The van der Waals surface area contributed by atoms with Crippen molar-refractivity contribution in [2.45, 2.75) is 13.0 Å². The van der Waals surface area contributed by atoms with Crippen molar-refractivity contribution in [1.82, 2.24) is 0 Å². The molecule has 0 amide bonds. The maximum atomic E-state index is 6.04. The van der Waals surface area contributed by atoms with Crippen LogP contribution >= 0.6 is 0 Å². The fourth-order valence-electron chi connectivity index (χ4n) is 1.98. The highest BCUT2D eigenvalue weighted by Gasteiger charge is 2.24. The van der Waals surface area contributed by atoms with Crippen molar-refractivity contribution < 1.29 is 4.74 Å². The molecule has 0 fully saturated rings. The number of nitrogens with zero attached hydrogens (tertiary/aromatic N) is 1. The van der Waals surface area contributed by atoms with Crippen LogP contribution in [-0.2, 0) is 0 Å². The first-order valence-corrected chi connectivity index (χ1v) is 4.94. The van der Waals surface area contributed by atoms with E-state index in [2.05, 4.69) is 17.9 Å². The molecule has 1 aromatic carbocycles. The Bertz CT molecular complexity index is 338. The average molecular weight is 192 g/mol. The summed E-state index contributed by atoms with van der Waals surface area (Å²) in [6.45, 7) is 4.07. The topological polar surface area (TPSA) is 38.5 Å². The van der Waals surface area contributed by atoms with Crippen molar-refractivity contribution in [3.63, 3.8) is 0 Å². The highest BCUT2D eigenvalue weighted by atomic mass is 16.5. The Hall–Kier alpha value is -1.22. The zero-order valence-electron chi connectivity index (χ0n) is 8.66. The smallest absolute Gasteiger partial charge is 0.119 e. The fourth-order valence-corrected chi connectivity index (χ4v) is 1.98. The van der Waals surface area contributed by atoms with Crippen LogP contribution in [0.25, 0.3) is 0 Å². The van der Waals surface area contributed by atoms with E-state index in [0.29, 0.717) is 0 Å². The molecule has 2 rings (SSSR count). The SMILES string of the molecule is CCN1CC(N)c2cc(OC)ccc21.